The zero-order valence-corrected chi connectivity index (χ0v) is 18.3. The molecule has 0 amide bonds. The lowest BCUT2D eigenvalue weighted by Gasteiger charge is -2.09. The summed E-state index contributed by atoms with van der Waals surface area (Å²) in [6.07, 6.45) is 5.24. The van der Waals surface area contributed by atoms with Crippen molar-refractivity contribution in [3.8, 4) is 10.7 Å². The Morgan fingerprint density at radius 2 is 1.83 bits per heavy atom. The quantitative estimate of drug-likeness (QED) is 0.275. The van der Waals surface area contributed by atoms with Gasteiger partial charge in [-0.15, -0.1) is 22.7 Å². The van der Waals surface area contributed by atoms with Gasteiger partial charge in [0.25, 0.3) is 0 Å². The number of ether oxygens (including phenoxy) is 2. The molecular formula is C22H22N2O3S2. The summed E-state index contributed by atoms with van der Waals surface area (Å²) < 4.78 is 10.1. The van der Waals surface area contributed by atoms with E-state index in [9.17, 15) is 4.79 Å². The van der Waals surface area contributed by atoms with Gasteiger partial charge in [-0.2, -0.15) is 0 Å². The molecule has 0 aliphatic rings. The molecule has 0 saturated heterocycles. The van der Waals surface area contributed by atoms with E-state index in [1.807, 2.05) is 41.8 Å². The van der Waals surface area contributed by atoms with Crippen LogP contribution in [0.2, 0.25) is 0 Å². The van der Waals surface area contributed by atoms with Gasteiger partial charge in [0.05, 0.1) is 31.0 Å². The highest BCUT2D eigenvalue weighted by molar-refractivity contribution is 7.14. The van der Waals surface area contributed by atoms with Crippen molar-refractivity contribution in [3.63, 3.8) is 0 Å². The minimum absolute atomic E-state index is 0.414. The van der Waals surface area contributed by atoms with Crippen molar-refractivity contribution in [2.75, 3.05) is 14.2 Å². The van der Waals surface area contributed by atoms with E-state index in [2.05, 4.69) is 29.2 Å². The second-order valence-corrected chi connectivity index (χ2v) is 8.21. The van der Waals surface area contributed by atoms with Crippen molar-refractivity contribution in [2.24, 2.45) is 0 Å². The summed E-state index contributed by atoms with van der Waals surface area (Å²) in [5.74, 6) is 0.395. The van der Waals surface area contributed by atoms with Gasteiger partial charge in [-0.25, -0.2) is 14.8 Å². The van der Waals surface area contributed by atoms with Crippen LogP contribution >= 0.6 is 22.7 Å². The molecule has 0 radical (unpaired) electrons. The molecule has 5 nitrogen and oxygen atoms in total. The SMILES string of the molecule is COC(=O)/C=C(/OC)c1ccccc1/C=C/c1csc(-c2csc(C(C)C)n2)n1. The molecule has 0 saturated carbocycles. The van der Waals surface area contributed by atoms with Crippen LogP contribution in [0.3, 0.4) is 0 Å². The highest BCUT2D eigenvalue weighted by Crippen LogP contribution is 2.29. The fraction of sp³-hybridized carbons (Fsp3) is 0.227. The fourth-order valence-corrected chi connectivity index (χ4v) is 4.23. The second-order valence-electron chi connectivity index (χ2n) is 6.46. The minimum Gasteiger partial charge on any atom is -0.496 e. The largest absolute Gasteiger partial charge is 0.496 e. The van der Waals surface area contributed by atoms with Gasteiger partial charge in [-0.05, 0) is 11.6 Å². The van der Waals surface area contributed by atoms with E-state index in [4.69, 9.17) is 9.47 Å². The summed E-state index contributed by atoms with van der Waals surface area (Å²) in [7, 11) is 2.87. The molecule has 3 aromatic rings. The third kappa shape index (κ3) is 5.19. The van der Waals surface area contributed by atoms with Crippen LogP contribution in [0.25, 0.3) is 28.6 Å². The Labute approximate surface area is 178 Å². The molecule has 7 heteroatoms. The van der Waals surface area contributed by atoms with Crippen LogP contribution in [0.5, 0.6) is 0 Å². The number of rotatable bonds is 7. The zero-order chi connectivity index (χ0) is 20.8. The highest BCUT2D eigenvalue weighted by Gasteiger charge is 2.11. The van der Waals surface area contributed by atoms with Crippen molar-refractivity contribution in [1.29, 1.82) is 0 Å². The average Bonchev–Trinajstić information content (AvgIpc) is 3.40. The molecule has 29 heavy (non-hydrogen) atoms. The number of thiazole rings is 2. The van der Waals surface area contributed by atoms with E-state index in [-0.39, 0.29) is 0 Å². The van der Waals surface area contributed by atoms with Gasteiger partial charge in [0.2, 0.25) is 0 Å². The van der Waals surface area contributed by atoms with Gasteiger partial charge in [-0.3, -0.25) is 0 Å². The topological polar surface area (TPSA) is 61.3 Å². The first-order valence-electron chi connectivity index (χ1n) is 9.04. The van der Waals surface area contributed by atoms with Crippen LogP contribution in [0.1, 0.15) is 41.6 Å². The standard InChI is InChI=1S/C22H22N2O3S2/c1-14(2)21-24-18(13-29-21)22-23-16(12-28-22)10-9-15-7-5-6-8-17(15)19(26-3)11-20(25)27-4/h5-14H,1-4H3/b10-9+,19-11+. The van der Waals surface area contributed by atoms with Crippen LogP contribution in [0.4, 0.5) is 0 Å². The molecule has 0 aliphatic heterocycles. The maximum atomic E-state index is 11.6. The van der Waals surface area contributed by atoms with Crippen molar-refractivity contribution < 1.29 is 14.3 Å². The minimum atomic E-state index is -0.464. The Hall–Kier alpha value is -2.77. The predicted molar refractivity (Wildman–Crippen MR) is 120 cm³/mol. The van der Waals surface area contributed by atoms with Gasteiger partial charge in [0.15, 0.2) is 0 Å². The first kappa shape index (κ1) is 21.0. The molecule has 0 unspecified atom stereocenters. The lowest BCUT2D eigenvalue weighted by Crippen LogP contribution is -1.99. The molecule has 1 aromatic carbocycles. The molecule has 0 N–H and O–H groups in total. The van der Waals surface area contributed by atoms with E-state index in [0.717, 1.165) is 32.5 Å². The maximum absolute atomic E-state index is 11.6. The molecule has 2 aromatic heterocycles. The molecule has 2 heterocycles. The van der Waals surface area contributed by atoms with Crippen LogP contribution in [0.15, 0.2) is 41.1 Å². The molecule has 0 bridgehead atoms. The van der Waals surface area contributed by atoms with Crippen molar-refractivity contribution in [1.82, 2.24) is 9.97 Å². The Bertz CT molecular complexity index is 1050. The molecule has 0 fully saturated rings. The van der Waals surface area contributed by atoms with Crippen LogP contribution in [-0.2, 0) is 14.3 Å². The van der Waals surface area contributed by atoms with Crippen molar-refractivity contribution >= 4 is 46.6 Å². The Balaban J connectivity index is 1.85. The summed E-state index contributed by atoms with van der Waals surface area (Å²) >= 11 is 3.24. The van der Waals surface area contributed by atoms with Gasteiger partial charge >= 0.3 is 5.97 Å². The summed E-state index contributed by atoms with van der Waals surface area (Å²) in [5, 5.41) is 6.08. The Morgan fingerprint density at radius 3 is 2.52 bits per heavy atom. The van der Waals surface area contributed by atoms with E-state index < -0.39 is 5.97 Å². The number of methoxy groups -OCH3 is 2. The summed E-state index contributed by atoms with van der Waals surface area (Å²) in [6.45, 7) is 4.28. The monoisotopic (exact) mass is 426 g/mol. The number of hydrogen-bond acceptors (Lipinski definition) is 7. The molecule has 3 rings (SSSR count). The van der Waals surface area contributed by atoms with E-state index in [1.54, 1.807) is 22.7 Å². The number of nitrogens with zero attached hydrogens (tertiary/aromatic N) is 2. The summed E-state index contributed by atoms with van der Waals surface area (Å²) in [6, 6.07) is 7.68. The maximum Gasteiger partial charge on any atom is 0.334 e. The fourth-order valence-electron chi connectivity index (χ4n) is 2.59. The zero-order valence-electron chi connectivity index (χ0n) is 16.7. The molecular weight excluding hydrogens is 404 g/mol. The number of esters is 1. The second kappa shape index (κ2) is 9.62. The third-order valence-electron chi connectivity index (χ3n) is 4.09. The summed E-state index contributed by atoms with van der Waals surface area (Å²) in [4.78, 5) is 21.0. The highest BCUT2D eigenvalue weighted by atomic mass is 32.1. The number of hydrogen-bond donors (Lipinski definition) is 0. The smallest absolute Gasteiger partial charge is 0.334 e. The number of aromatic nitrogens is 2. The number of benzene rings is 1. The number of carbonyl (C=O) groups excluding carboxylic acids is 1. The molecule has 150 valence electrons. The molecule has 0 atom stereocenters. The van der Waals surface area contributed by atoms with Crippen molar-refractivity contribution in [2.45, 2.75) is 19.8 Å². The van der Waals surface area contributed by atoms with Gasteiger partial charge in [-0.1, -0.05) is 44.2 Å². The van der Waals surface area contributed by atoms with Crippen molar-refractivity contribution in [3.05, 3.63) is 62.9 Å². The van der Waals surface area contributed by atoms with E-state index in [0.29, 0.717) is 11.7 Å². The van der Waals surface area contributed by atoms with E-state index in [1.165, 1.54) is 20.3 Å². The van der Waals surface area contributed by atoms with Crippen LogP contribution in [-0.4, -0.2) is 30.2 Å². The third-order valence-corrected chi connectivity index (χ3v) is 6.12. The first-order valence-corrected chi connectivity index (χ1v) is 10.8. The molecule has 0 spiro atoms. The predicted octanol–water partition coefficient (Wildman–Crippen LogP) is 5.72. The van der Waals surface area contributed by atoms with Crippen LogP contribution < -0.4 is 0 Å². The normalized spacial score (nSPS) is 12.0. The average molecular weight is 427 g/mol. The Kier molecular flexibility index (Phi) is 6.95. The van der Waals surface area contributed by atoms with E-state index >= 15 is 0 Å². The first-order chi connectivity index (χ1) is 14.0. The summed E-state index contributed by atoms with van der Waals surface area (Å²) in [5.41, 5.74) is 3.49. The van der Waals surface area contributed by atoms with Gasteiger partial charge in [0.1, 0.15) is 16.5 Å². The lowest BCUT2D eigenvalue weighted by molar-refractivity contribution is -0.134. The number of carbonyl (C=O) groups is 1. The molecule has 0 aliphatic carbocycles. The van der Waals surface area contributed by atoms with Gasteiger partial charge < -0.3 is 9.47 Å². The Morgan fingerprint density at radius 1 is 1.03 bits per heavy atom. The van der Waals surface area contributed by atoms with Gasteiger partial charge in [0, 0.05) is 22.2 Å². The van der Waals surface area contributed by atoms with Crippen LogP contribution in [0, 0.1) is 0 Å². The lowest BCUT2D eigenvalue weighted by atomic mass is 10.0.